The summed E-state index contributed by atoms with van der Waals surface area (Å²) in [6.45, 7) is 6.63. The number of aryl methyl sites for hydroxylation is 1. The molecule has 2 heterocycles. The van der Waals surface area contributed by atoms with Crippen LogP contribution in [0, 0.1) is 6.92 Å². The maximum Gasteiger partial charge on any atom is 0.210 e. The molecule has 0 saturated heterocycles. The van der Waals surface area contributed by atoms with Gasteiger partial charge in [-0.2, -0.15) is 0 Å². The molecule has 0 atom stereocenters. The minimum absolute atomic E-state index is 0.269. The van der Waals surface area contributed by atoms with E-state index in [0.717, 1.165) is 28.4 Å². The Morgan fingerprint density at radius 2 is 1.94 bits per heavy atom. The van der Waals surface area contributed by atoms with Gasteiger partial charge >= 0.3 is 0 Å². The third-order valence-electron chi connectivity index (χ3n) is 5.03. The normalized spacial score (nSPS) is 11.2. The number of hydrogen-bond acceptors (Lipinski definition) is 7. The van der Waals surface area contributed by atoms with Crippen LogP contribution in [-0.2, 0) is 18.8 Å². The van der Waals surface area contributed by atoms with Gasteiger partial charge in [-0.1, -0.05) is 68.1 Å². The van der Waals surface area contributed by atoms with Crippen molar-refractivity contribution in [2.45, 2.75) is 50.6 Å². The second-order valence-corrected chi connectivity index (χ2v) is 9.82. The van der Waals surface area contributed by atoms with Crippen molar-refractivity contribution < 1.29 is 4.74 Å². The van der Waals surface area contributed by atoms with E-state index in [1.807, 2.05) is 6.07 Å². The number of benzene rings is 2. The van der Waals surface area contributed by atoms with Gasteiger partial charge in [-0.3, -0.25) is 0 Å². The molecular weight excluding hydrogens is 438 g/mol. The van der Waals surface area contributed by atoms with E-state index in [2.05, 4.69) is 78.8 Å². The Bertz CT molecular complexity index is 1170. The Morgan fingerprint density at radius 3 is 2.72 bits per heavy atom. The molecule has 0 aliphatic carbocycles. The monoisotopic (exact) mass is 465 g/mol. The molecule has 32 heavy (non-hydrogen) atoms. The fraction of sp³-hybridized carbons (Fsp3) is 0.292. The van der Waals surface area contributed by atoms with Crippen LogP contribution in [0.4, 0.5) is 0 Å². The van der Waals surface area contributed by atoms with Gasteiger partial charge in [-0.15, -0.1) is 21.5 Å². The highest BCUT2D eigenvalue weighted by molar-refractivity contribution is 7.98. The zero-order chi connectivity index (χ0) is 22.5. The topological polar surface area (TPSA) is 78.9 Å². The Morgan fingerprint density at radius 1 is 1.12 bits per heavy atom. The Hall–Kier alpha value is -2.84. The molecule has 8 heteroatoms. The standard InChI is InChI=1S/C24H27N5OS2/c1-16(2)20-10-9-17(3)11-21(20)30-13-22-27-28-24(29(22)25)32-15-19-14-31-23(26-19)12-18-7-5-4-6-8-18/h4-11,14,16H,12-13,15,25H2,1-3H3. The summed E-state index contributed by atoms with van der Waals surface area (Å²) in [7, 11) is 0. The second kappa shape index (κ2) is 10.2. The average molecular weight is 466 g/mol. The number of nitrogens with zero attached hydrogens (tertiary/aromatic N) is 4. The van der Waals surface area contributed by atoms with Crippen molar-refractivity contribution in [1.82, 2.24) is 19.9 Å². The molecule has 0 amide bonds. The van der Waals surface area contributed by atoms with Gasteiger partial charge in [0.2, 0.25) is 5.16 Å². The molecule has 166 valence electrons. The van der Waals surface area contributed by atoms with E-state index in [9.17, 15) is 0 Å². The van der Waals surface area contributed by atoms with E-state index in [4.69, 9.17) is 15.6 Å². The quantitative estimate of drug-likeness (QED) is 0.265. The van der Waals surface area contributed by atoms with Crippen LogP contribution in [0.25, 0.3) is 0 Å². The molecule has 0 spiro atoms. The molecule has 0 saturated carbocycles. The largest absolute Gasteiger partial charge is 0.485 e. The third-order valence-corrected chi connectivity index (χ3v) is 6.90. The van der Waals surface area contributed by atoms with Gasteiger partial charge in [-0.05, 0) is 35.6 Å². The highest BCUT2D eigenvalue weighted by Gasteiger charge is 2.14. The summed E-state index contributed by atoms with van der Waals surface area (Å²) in [5, 5.41) is 12.3. The Balaban J connectivity index is 1.35. The molecule has 0 radical (unpaired) electrons. The lowest BCUT2D eigenvalue weighted by molar-refractivity contribution is 0.287. The number of hydrogen-bond donors (Lipinski definition) is 1. The van der Waals surface area contributed by atoms with Crippen molar-refractivity contribution in [2.24, 2.45) is 0 Å². The summed E-state index contributed by atoms with van der Waals surface area (Å²) < 4.78 is 7.57. The van der Waals surface area contributed by atoms with Crippen LogP contribution in [0.1, 0.15) is 53.0 Å². The molecule has 2 aromatic heterocycles. The first kappa shape index (κ1) is 22.4. The van der Waals surface area contributed by atoms with Gasteiger partial charge in [-0.25, -0.2) is 9.66 Å². The zero-order valence-corrected chi connectivity index (χ0v) is 20.1. The molecule has 0 fully saturated rings. The minimum atomic E-state index is 0.269. The second-order valence-electron chi connectivity index (χ2n) is 7.94. The van der Waals surface area contributed by atoms with Crippen molar-refractivity contribution in [3.05, 3.63) is 87.1 Å². The maximum atomic E-state index is 6.24. The highest BCUT2D eigenvalue weighted by Crippen LogP contribution is 2.28. The number of aromatic nitrogens is 4. The first-order valence-electron chi connectivity index (χ1n) is 10.5. The molecule has 4 aromatic rings. The van der Waals surface area contributed by atoms with Gasteiger partial charge in [0.05, 0.1) is 10.7 Å². The lowest BCUT2D eigenvalue weighted by Crippen LogP contribution is -2.16. The summed E-state index contributed by atoms with van der Waals surface area (Å²) >= 11 is 3.21. The number of ether oxygens (including phenoxy) is 1. The predicted molar refractivity (Wildman–Crippen MR) is 131 cm³/mol. The Kier molecular flexibility index (Phi) is 7.12. The van der Waals surface area contributed by atoms with Crippen LogP contribution in [0.15, 0.2) is 59.1 Å². The molecule has 0 aliphatic heterocycles. The summed E-state index contributed by atoms with van der Waals surface area (Å²) in [5.41, 5.74) is 4.61. The van der Waals surface area contributed by atoms with Crippen LogP contribution < -0.4 is 10.6 Å². The van der Waals surface area contributed by atoms with E-state index < -0.39 is 0 Å². The third kappa shape index (κ3) is 5.49. The van der Waals surface area contributed by atoms with Crippen molar-refractivity contribution >= 4 is 23.1 Å². The fourth-order valence-electron chi connectivity index (χ4n) is 3.30. The maximum absolute atomic E-state index is 6.24. The molecule has 2 N–H and O–H groups in total. The van der Waals surface area contributed by atoms with Gasteiger partial charge in [0.25, 0.3) is 0 Å². The van der Waals surface area contributed by atoms with E-state index in [1.165, 1.54) is 27.6 Å². The van der Waals surface area contributed by atoms with E-state index >= 15 is 0 Å². The molecule has 0 bridgehead atoms. The van der Waals surface area contributed by atoms with E-state index in [-0.39, 0.29) is 6.61 Å². The summed E-state index contributed by atoms with van der Waals surface area (Å²) in [5.74, 6) is 8.76. The van der Waals surface area contributed by atoms with E-state index in [1.54, 1.807) is 11.3 Å². The molecule has 2 aromatic carbocycles. The van der Waals surface area contributed by atoms with Gasteiger partial charge in [0, 0.05) is 17.6 Å². The smallest absolute Gasteiger partial charge is 0.210 e. The van der Waals surface area contributed by atoms with E-state index in [0.29, 0.717) is 22.7 Å². The van der Waals surface area contributed by atoms with Gasteiger partial charge in [0.1, 0.15) is 12.4 Å². The lowest BCUT2D eigenvalue weighted by atomic mass is 10.0. The summed E-state index contributed by atoms with van der Waals surface area (Å²) in [6.07, 6.45) is 0.849. The molecule has 0 aliphatic rings. The van der Waals surface area contributed by atoms with Crippen molar-refractivity contribution in [3.8, 4) is 5.75 Å². The number of nitrogen functional groups attached to an aromatic ring is 1. The van der Waals surface area contributed by atoms with Crippen LogP contribution in [0.3, 0.4) is 0 Å². The average Bonchev–Trinajstić information content (AvgIpc) is 3.37. The van der Waals surface area contributed by atoms with Crippen molar-refractivity contribution in [3.63, 3.8) is 0 Å². The predicted octanol–water partition coefficient (Wildman–Crippen LogP) is 5.34. The van der Waals surface area contributed by atoms with Crippen molar-refractivity contribution in [1.29, 1.82) is 0 Å². The molecular formula is C24H27N5OS2. The van der Waals surface area contributed by atoms with Crippen LogP contribution in [-0.4, -0.2) is 19.9 Å². The minimum Gasteiger partial charge on any atom is -0.485 e. The lowest BCUT2D eigenvalue weighted by Gasteiger charge is -2.14. The van der Waals surface area contributed by atoms with Crippen molar-refractivity contribution in [2.75, 3.05) is 5.84 Å². The molecule has 6 nitrogen and oxygen atoms in total. The number of thioether (sulfide) groups is 1. The molecule has 4 rings (SSSR count). The van der Waals surface area contributed by atoms with Gasteiger partial charge < -0.3 is 10.6 Å². The van der Waals surface area contributed by atoms with Crippen LogP contribution in [0.5, 0.6) is 5.75 Å². The number of rotatable bonds is 9. The van der Waals surface area contributed by atoms with Crippen LogP contribution >= 0.6 is 23.1 Å². The highest BCUT2D eigenvalue weighted by atomic mass is 32.2. The summed E-state index contributed by atoms with van der Waals surface area (Å²) in [6, 6.07) is 16.6. The number of nitrogens with two attached hydrogens (primary N) is 1. The first-order valence-corrected chi connectivity index (χ1v) is 12.4. The van der Waals surface area contributed by atoms with Crippen LogP contribution in [0.2, 0.25) is 0 Å². The van der Waals surface area contributed by atoms with Gasteiger partial charge in [0.15, 0.2) is 5.82 Å². The summed E-state index contributed by atoms with van der Waals surface area (Å²) in [4.78, 5) is 4.74. The zero-order valence-electron chi connectivity index (χ0n) is 18.5. The Labute approximate surface area is 196 Å². The first-order chi connectivity index (χ1) is 15.5. The SMILES string of the molecule is Cc1ccc(C(C)C)c(OCc2nnc(SCc3csc(Cc4ccccc4)n3)n2N)c1. The molecule has 0 unspecified atom stereocenters. The fourth-order valence-corrected chi connectivity index (χ4v) is 5.00. The number of thiazole rings is 1.